The molecule has 0 amide bonds. The summed E-state index contributed by atoms with van der Waals surface area (Å²) in [6.07, 6.45) is 1.03. The summed E-state index contributed by atoms with van der Waals surface area (Å²) in [4.78, 5) is 6.83. The maximum absolute atomic E-state index is 9.00. The highest BCUT2D eigenvalue weighted by atomic mass is 16.3. The molecule has 3 rings (SSSR count). The van der Waals surface area contributed by atoms with Gasteiger partial charge in [0.05, 0.1) is 12.1 Å². The highest BCUT2D eigenvalue weighted by Gasteiger charge is 2.20. The highest BCUT2D eigenvalue weighted by molar-refractivity contribution is 5.82. The number of hydrogen-bond donors (Lipinski definition) is 1. The minimum atomic E-state index is 0.188. The molecule has 1 aromatic carbocycles. The van der Waals surface area contributed by atoms with Gasteiger partial charge >= 0.3 is 0 Å². The number of hydrogen-bond acceptors (Lipinski definition) is 3. The van der Waals surface area contributed by atoms with Crippen LogP contribution in [0.25, 0.3) is 10.9 Å². The number of para-hydroxylation sites is 1. The smallest absolute Gasteiger partial charge is 0.132 e. The molecular formula is C13H14N2O. The van der Waals surface area contributed by atoms with E-state index in [1.165, 1.54) is 10.9 Å². The van der Waals surface area contributed by atoms with Gasteiger partial charge < -0.3 is 10.0 Å². The zero-order valence-electron chi connectivity index (χ0n) is 9.06. The van der Waals surface area contributed by atoms with E-state index in [0.29, 0.717) is 6.54 Å². The number of β-amino-alcohol motifs (C(OH)–C–C–N with tert-alkyl or cyclic N) is 1. The molecule has 0 radical (unpaired) electrons. The van der Waals surface area contributed by atoms with E-state index in [-0.39, 0.29) is 6.61 Å². The lowest BCUT2D eigenvalue weighted by Gasteiger charge is -2.16. The Kier molecular flexibility index (Phi) is 2.26. The Labute approximate surface area is 94.3 Å². The molecule has 3 nitrogen and oxygen atoms in total. The Morgan fingerprint density at radius 2 is 2.19 bits per heavy atom. The third-order valence-electron chi connectivity index (χ3n) is 3.10. The fraction of sp³-hybridized carbons (Fsp3) is 0.308. The maximum Gasteiger partial charge on any atom is 0.132 e. The number of fused-ring (bicyclic) bond motifs is 2. The van der Waals surface area contributed by atoms with Crippen LogP contribution >= 0.6 is 0 Å². The van der Waals surface area contributed by atoms with Crippen LogP contribution in [-0.4, -0.2) is 29.8 Å². The Balaban J connectivity index is 2.12. The monoisotopic (exact) mass is 214 g/mol. The molecule has 0 bridgehead atoms. The lowest BCUT2D eigenvalue weighted by atomic mass is 10.1. The predicted octanol–water partition coefficient (Wildman–Crippen LogP) is 1.59. The third-order valence-corrected chi connectivity index (χ3v) is 3.10. The predicted molar refractivity (Wildman–Crippen MR) is 64.7 cm³/mol. The molecule has 2 aromatic rings. The molecule has 0 saturated heterocycles. The molecule has 1 aliphatic heterocycles. The van der Waals surface area contributed by atoms with E-state index >= 15 is 0 Å². The van der Waals surface area contributed by atoms with Crippen molar-refractivity contribution in [1.29, 1.82) is 0 Å². The van der Waals surface area contributed by atoms with Crippen LogP contribution in [0.5, 0.6) is 0 Å². The first-order valence-electron chi connectivity index (χ1n) is 5.63. The van der Waals surface area contributed by atoms with Crippen LogP contribution in [0.4, 0.5) is 5.82 Å². The number of anilines is 1. The molecule has 1 aromatic heterocycles. The van der Waals surface area contributed by atoms with Crippen LogP contribution in [0.3, 0.4) is 0 Å². The van der Waals surface area contributed by atoms with Gasteiger partial charge in [-0.1, -0.05) is 18.2 Å². The van der Waals surface area contributed by atoms with Gasteiger partial charge in [0.1, 0.15) is 5.82 Å². The molecule has 0 aliphatic carbocycles. The first kappa shape index (κ1) is 9.60. The molecule has 82 valence electrons. The third kappa shape index (κ3) is 1.44. The van der Waals surface area contributed by atoms with E-state index in [1.54, 1.807) is 0 Å². The number of aromatic nitrogens is 1. The van der Waals surface area contributed by atoms with E-state index in [1.807, 2.05) is 18.2 Å². The molecule has 1 aliphatic rings. The fourth-order valence-corrected chi connectivity index (χ4v) is 2.31. The molecule has 0 spiro atoms. The second-order valence-electron chi connectivity index (χ2n) is 4.12. The largest absolute Gasteiger partial charge is 0.395 e. The molecular weight excluding hydrogens is 200 g/mol. The van der Waals surface area contributed by atoms with Crippen molar-refractivity contribution in [2.75, 3.05) is 24.6 Å². The second-order valence-corrected chi connectivity index (χ2v) is 4.12. The zero-order chi connectivity index (χ0) is 11.0. The first-order chi connectivity index (χ1) is 7.88. The minimum Gasteiger partial charge on any atom is -0.395 e. The first-order valence-corrected chi connectivity index (χ1v) is 5.63. The van der Waals surface area contributed by atoms with Crippen LogP contribution in [0.1, 0.15) is 5.56 Å². The molecule has 0 saturated carbocycles. The Morgan fingerprint density at radius 3 is 3.06 bits per heavy atom. The summed E-state index contributed by atoms with van der Waals surface area (Å²) in [5, 5.41) is 10.2. The van der Waals surface area contributed by atoms with Crippen molar-refractivity contribution in [3.63, 3.8) is 0 Å². The average Bonchev–Trinajstić information content (AvgIpc) is 2.70. The van der Waals surface area contributed by atoms with Crippen molar-refractivity contribution < 1.29 is 5.11 Å². The standard InChI is InChI=1S/C13H14N2O/c16-8-7-15-6-5-11-9-10-3-1-2-4-12(10)14-13(11)15/h1-4,9,16H,5-8H2. The molecule has 0 fully saturated rings. The number of benzene rings is 1. The van der Waals surface area contributed by atoms with E-state index in [9.17, 15) is 0 Å². The summed E-state index contributed by atoms with van der Waals surface area (Å²) in [5.41, 5.74) is 2.33. The number of pyridine rings is 1. The van der Waals surface area contributed by atoms with Gasteiger partial charge in [0.15, 0.2) is 0 Å². The molecule has 2 heterocycles. The topological polar surface area (TPSA) is 36.4 Å². The SMILES string of the molecule is OCCN1CCc2cc3ccccc3nc21. The summed E-state index contributed by atoms with van der Waals surface area (Å²) in [6, 6.07) is 10.4. The lowest BCUT2D eigenvalue weighted by Crippen LogP contribution is -2.24. The fourth-order valence-electron chi connectivity index (χ4n) is 2.31. The Bertz CT molecular complexity index is 524. The van der Waals surface area contributed by atoms with Crippen LogP contribution in [0.15, 0.2) is 30.3 Å². The molecule has 0 unspecified atom stereocenters. The van der Waals surface area contributed by atoms with Gasteiger partial charge in [0.25, 0.3) is 0 Å². The molecule has 0 atom stereocenters. The normalized spacial score (nSPS) is 14.4. The van der Waals surface area contributed by atoms with Crippen LogP contribution in [0, 0.1) is 0 Å². The van der Waals surface area contributed by atoms with Gasteiger partial charge in [-0.2, -0.15) is 0 Å². The maximum atomic E-state index is 9.00. The van der Waals surface area contributed by atoms with Crippen molar-refractivity contribution in [1.82, 2.24) is 4.98 Å². The number of rotatable bonds is 2. The van der Waals surface area contributed by atoms with Crippen molar-refractivity contribution in [3.8, 4) is 0 Å². The van der Waals surface area contributed by atoms with E-state index in [4.69, 9.17) is 5.11 Å². The number of aliphatic hydroxyl groups is 1. The van der Waals surface area contributed by atoms with Gasteiger partial charge in [-0.3, -0.25) is 0 Å². The Hall–Kier alpha value is -1.61. The lowest BCUT2D eigenvalue weighted by molar-refractivity contribution is 0.302. The molecule has 3 heteroatoms. The number of nitrogens with zero attached hydrogens (tertiary/aromatic N) is 2. The van der Waals surface area contributed by atoms with Gasteiger partial charge in [-0.05, 0) is 24.1 Å². The van der Waals surface area contributed by atoms with Gasteiger partial charge in [0, 0.05) is 18.5 Å². The van der Waals surface area contributed by atoms with E-state index in [2.05, 4.69) is 22.0 Å². The summed E-state index contributed by atoms with van der Waals surface area (Å²) < 4.78 is 0. The van der Waals surface area contributed by atoms with E-state index < -0.39 is 0 Å². The Morgan fingerprint density at radius 1 is 1.31 bits per heavy atom. The van der Waals surface area contributed by atoms with Gasteiger partial charge in [0.2, 0.25) is 0 Å². The second kappa shape index (κ2) is 3.76. The van der Waals surface area contributed by atoms with Crippen LogP contribution < -0.4 is 4.90 Å². The molecule has 16 heavy (non-hydrogen) atoms. The van der Waals surface area contributed by atoms with Gasteiger partial charge in [-0.25, -0.2) is 4.98 Å². The van der Waals surface area contributed by atoms with Crippen molar-refractivity contribution >= 4 is 16.7 Å². The van der Waals surface area contributed by atoms with Gasteiger partial charge in [-0.15, -0.1) is 0 Å². The van der Waals surface area contributed by atoms with Crippen molar-refractivity contribution in [3.05, 3.63) is 35.9 Å². The summed E-state index contributed by atoms with van der Waals surface area (Å²) in [6.45, 7) is 1.84. The summed E-state index contributed by atoms with van der Waals surface area (Å²) in [5.74, 6) is 1.05. The average molecular weight is 214 g/mol. The van der Waals surface area contributed by atoms with Crippen molar-refractivity contribution in [2.45, 2.75) is 6.42 Å². The minimum absolute atomic E-state index is 0.188. The zero-order valence-corrected chi connectivity index (χ0v) is 9.06. The van der Waals surface area contributed by atoms with E-state index in [0.717, 1.165) is 24.3 Å². The summed E-state index contributed by atoms with van der Waals surface area (Å²) in [7, 11) is 0. The molecule has 1 N–H and O–H groups in total. The van der Waals surface area contributed by atoms with Crippen LogP contribution in [-0.2, 0) is 6.42 Å². The number of aliphatic hydroxyl groups excluding tert-OH is 1. The highest BCUT2D eigenvalue weighted by Crippen LogP contribution is 2.28. The van der Waals surface area contributed by atoms with Crippen LogP contribution in [0.2, 0.25) is 0 Å². The van der Waals surface area contributed by atoms with Crippen molar-refractivity contribution in [2.24, 2.45) is 0 Å². The quantitative estimate of drug-likeness (QED) is 0.824. The summed E-state index contributed by atoms with van der Waals surface area (Å²) >= 11 is 0.